The fourth-order valence-electron chi connectivity index (χ4n) is 2.33. The number of ether oxygens (including phenoxy) is 1. The summed E-state index contributed by atoms with van der Waals surface area (Å²) in [5, 5.41) is 0. The van der Waals surface area contributed by atoms with Crippen LogP contribution in [0.25, 0.3) is 0 Å². The van der Waals surface area contributed by atoms with Gasteiger partial charge in [0.05, 0.1) is 6.61 Å². The van der Waals surface area contributed by atoms with Gasteiger partial charge >= 0.3 is 0 Å². The summed E-state index contributed by atoms with van der Waals surface area (Å²) >= 11 is 0. The van der Waals surface area contributed by atoms with Crippen molar-refractivity contribution in [3.05, 3.63) is 11.6 Å². The first kappa shape index (κ1) is 9.91. The number of carbonyl (C=O) groups is 1. The molecule has 0 saturated carbocycles. The predicted octanol–water partition coefficient (Wildman–Crippen LogP) is 2.48. The van der Waals surface area contributed by atoms with E-state index in [9.17, 15) is 4.79 Å². The quantitative estimate of drug-likeness (QED) is 0.641. The molecule has 0 aromatic carbocycles. The van der Waals surface area contributed by atoms with Crippen LogP contribution < -0.4 is 0 Å². The van der Waals surface area contributed by atoms with Crippen molar-refractivity contribution in [2.75, 3.05) is 13.2 Å². The molecule has 0 amide bonds. The third-order valence-corrected chi connectivity index (χ3v) is 3.17. The van der Waals surface area contributed by atoms with Crippen LogP contribution in [0, 0.1) is 5.92 Å². The molecule has 0 radical (unpaired) electrons. The molecule has 0 aromatic heterocycles. The molecule has 1 saturated heterocycles. The van der Waals surface area contributed by atoms with Gasteiger partial charge in [0.1, 0.15) is 0 Å². The van der Waals surface area contributed by atoms with E-state index in [1.165, 1.54) is 18.4 Å². The Bertz CT molecular complexity index is 237. The maximum atomic E-state index is 11.4. The molecular formula is C12H18O2. The van der Waals surface area contributed by atoms with Crippen molar-refractivity contribution in [3.63, 3.8) is 0 Å². The molecule has 1 aliphatic carbocycles. The average Bonchev–Trinajstić information content (AvgIpc) is 2.44. The minimum absolute atomic E-state index is 0.322. The third-order valence-electron chi connectivity index (χ3n) is 3.17. The zero-order chi connectivity index (χ0) is 9.80. The Hall–Kier alpha value is -0.630. The fourth-order valence-corrected chi connectivity index (χ4v) is 2.33. The summed E-state index contributed by atoms with van der Waals surface area (Å²) in [6.45, 7) is 1.73. The highest BCUT2D eigenvalue weighted by molar-refractivity contribution is 5.90. The average molecular weight is 194 g/mol. The van der Waals surface area contributed by atoms with Crippen LogP contribution in [0.2, 0.25) is 0 Å². The summed E-state index contributed by atoms with van der Waals surface area (Å²) in [6.07, 6.45) is 8.35. The Kier molecular flexibility index (Phi) is 3.35. The van der Waals surface area contributed by atoms with E-state index < -0.39 is 0 Å². The SMILES string of the molecule is O=C1C=C(C2CCCOC2)CCCC1. The number of carbonyl (C=O) groups excluding carboxylic acids is 1. The largest absolute Gasteiger partial charge is 0.381 e. The molecule has 14 heavy (non-hydrogen) atoms. The van der Waals surface area contributed by atoms with E-state index in [0.717, 1.165) is 38.9 Å². The topological polar surface area (TPSA) is 26.3 Å². The van der Waals surface area contributed by atoms with Gasteiger partial charge < -0.3 is 4.74 Å². The molecule has 78 valence electrons. The van der Waals surface area contributed by atoms with Crippen LogP contribution in [-0.2, 0) is 9.53 Å². The molecule has 1 atom stereocenters. The number of allylic oxidation sites excluding steroid dienone is 1. The second kappa shape index (κ2) is 4.74. The van der Waals surface area contributed by atoms with E-state index in [2.05, 4.69) is 0 Å². The van der Waals surface area contributed by atoms with Crippen LogP contribution in [0.3, 0.4) is 0 Å². The van der Waals surface area contributed by atoms with E-state index >= 15 is 0 Å². The highest BCUT2D eigenvalue weighted by Gasteiger charge is 2.20. The molecule has 1 fully saturated rings. The normalized spacial score (nSPS) is 29.6. The second-order valence-corrected chi connectivity index (χ2v) is 4.31. The Morgan fingerprint density at radius 1 is 1.21 bits per heavy atom. The summed E-state index contributed by atoms with van der Waals surface area (Å²) in [5.74, 6) is 0.855. The highest BCUT2D eigenvalue weighted by Crippen LogP contribution is 2.28. The first-order chi connectivity index (χ1) is 6.86. The molecule has 1 heterocycles. The predicted molar refractivity (Wildman–Crippen MR) is 55.1 cm³/mol. The number of hydrogen-bond donors (Lipinski definition) is 0. The van der Waals surface area contributed by atoms with E-state index in [-0.39, 0.29) is 0 Å². The smallest absolute Gasteiger partial charge is 0.155 e. The van der Waals surface area contributed by atoms with Gasteiger partial charge in [0.2, 0.25) is 0 Å². The summed E-state index contributed by atoms with van der Waals surface area (Å²) < 4.78 is 5.46. The third kappa shape index (κ3) is 2.44. The maximum absolute atomic E-state index is 11.4. The van der Waals surface area contributed by atoms with Crippen molar-refractivity contribution in [1.29, 1.82) is 0 Å². The first-order valence-corrected chi connectivity index (χ1v) is 5.67. The van der Waals surface area contributed by atoms with Crippen LogP contribution in [0.4, 0.5) is 0 Å². The Labute approximate surface area is 85.3 Å². The van der Waals surface area contributed by atoms with Crippen molar-refractivity contribution in [2.45, 2.75) is 38.5 Å². The van der Waals surface area contributed by atoms with Gasteiger partial charge in [-0.1, -0.05) is 5.57 Å². The molecule has 1 unspecified atom stereocenters. The molecule has 2 aliphatic rings. The van der Waals surface area contributed by atoms with E-state index in [4.69, 9.17) is 4.74 Å². The van der Waals surface area contributed by atoms with Gasteiger partial charge in [-0.2, -0.15) is 0 Å². The van der Waals surface area contributed by atoms with Gasteiger partial charge in [-0.25, -0.2) is 0 Å². The van der Waals surface area contributed by atoms with Crippen molar-refractivity contribution in [2.24, 2.45) is 5.92 Å². The van der Waals surface area contributed by atoms with Crippen molar-refractivity contribution >= 4 is 5.78 Å². The standard InChI is InChI=1S/C12H18O2/c13-12-6-2-1-4-10(8-12)11-5-3-7-14-9-11/h8,11H,1-7,9H2. The minimum Gasteiger partial charge on any atom is -0.381 e. The summed E-state index contributed by atoms with van der Waals surface area (Å²) in [6, 6.07) is 0. The minimum atomic E-state index is 0.322. The Morgan fingerprint density at radius 2 is 2.07 bits per heavy atom. The molecule has 2 rings (SSSR count). The fraction of sp³-hybridized carbons (Fsp3) is 0.750. The monoisotopic (exact) mass is 194 g/mol. The van der Waals surface area contributed by atoms with E-state index in [0.29, 0.717) is 11.7 Å². The van der Waals surface area contributed by atoms with Crippen molar-refractivity contribution in [1.82, 2.24) is 0 Å². The molecule has 0 spiro atoms. The van der Waals surface area contributed by atoms with Gasteiger partial charge in [0, 0.05) is 18.9 Å². The van der Waals surface area contributed by atoms with E-state index in [1.807, 2.05) is 6.08 Å². The lowest BCUT2D eigenvalue weighted by atomic mass is 9.90. The molecule has 0 aromatic rings. The lowest BCUT2D eigenvalue weighted by Gasteiger charge is -2.24. The lowest BCUT2D eigenvalue weighted by Crippen LogP contribution is -2.19. The summed E-state index contributed by atoms with van der Waals surface area (Å²) in [7, 11) is 0. The molecule has 2 nitrogen and oxygen atoms in total. The Balaban J connectivity index is 2.02. The molecule has 0 bridgehead atoms. The maximum Gasteiger partial charge on any atom is 0.155 e. The zero-order valence-corrected chi connectivity index (χ0v) is 8.63. The molecule has 0 N–H and O–H groups in total. The molecular weight excluding hydrogens is 176 g/mol. The van der Waals surface area contributed by atoms with Crippen LogP contribution in [0.15, 0.2) is 11.6 Å². The van der Waals surface area contributed by atoms with Gasteiger partial charge in [0.15, 0.2) is 5.78 Å². The van der Waals surface area contributed by atoms with Gasteiger partial charge in [0.25, 0.3) is 0 Å². The summed E-state index contributed by atoms with van der Waals surface area (Å²) in [5.41, 5.74) is 1.35. The van der Waals surface area contributed by atoms with Gasteiger partial charge in [-0.05, 0) is 38.2 Å². The molecule has 2 heteroatoms. The number of hydrogen-bond acceptors (Lipinski definition) is 2. The highest BCUT2D eigenvalue weighted by atomic mass is 16.5. The van der Waals surface area contributed by atoms with Crippen molar-refractivity contribution in [3.8, 4) is 0 Å². The number of ketones is 1. The second-order valence-electron chi connectivity index (χ2n) is 4.31. The molecule has 1 aliphatic heterocycles. The zero-order valence-electron chi connectivity index (χ0n) is 8.63. The van der Waals surface area contributed by atoms with Gasteiger partial charge in [-0.3, -0.25) is 4.79 Å². The number of rotatable bonds is 1. The van der Waals surface area contributed by atoms with Crippen LogP contribution in [-0.4, -0.2) is 19.0 Å². The van der Waals surface area contributed by atoms with Crippen LogP contribution in [0.5, 0.6) is 0 Å². The first-order valence-electron chi connectivity index (χ1n) is 5.67. The lowest BCUT2D eigenvalue weighted by molar-refractivity contribution is -0.114. The van der Waals surface area contributed by atoms with Crippen LogP contribution in [0.1, 0.15) is 38.5 Å². The van der Waals surface area contributed by atoms with Crippen molar-refractivity contribution < 1.29 is 9.53 Å². The van der Waals surface area contributed by atoms with Gasteiger partial charge in [-0.15, -0.1) is 0 Å². The van der Waals surface area contributed by atoms with Crippen LogP contribution >= 0.6 is 0 Å². The van der Waals surface area contributed by atoms with E-state index in [1.54, 1.807) is 0 Å². The summed E-state index contributed by atoms with van der Waals surface area (Å²) in [4.78, 5) is 11.4. The Morgan fingerprint density at radius 3 is 2.86 bits per heavy atom.